The van der Waals surface area contributed by atoms with Crippen LogP contribution in [0, 0.1) is 12.8 Å². The standard InChI is InChI=1S/C21H24N4O4S2/c1-15-23-20(24-29-15)18-13-19(30-14-18)31(27,28)25-11-8-17(9-12-25)21(26)22-10-7-16-5-3-2-4-6-16/h2-6,13-14,17H,7-12H2,1H3,(H,22,26). The van der Waals surface area contributed by atoms with Crippen molar-refractivity contribution < 1.29 is 17.7 Å². The highest BCUT2D eigenvalue weighted by molar-refractivity contribution is 7.91. The van der Waals surface area contributed by atoms with Crippen molar-refractivity contribution in [1.29, 1.82) is 0 Å². The number of aromatic nitrogens is 2. The van der Waals surface area contributed by atoms with Gasteiger partial charge in [0.1, 0.15) is 4.21 Å². The Kier molecular flexibility index (Phi) is 6.49. The second-order valence-electron chi connectivity index (χ2n) is 7.50. The van der Waals surface area contributed by atoms with E-state index in [9.17, 15) is 13.2 Å². The summed E-state index contributed by atoms with van der Waals surface area (Å²) in [6.07, 6.45) is 1.80. The summed E-state index contributed by atoms with van der Waals surface area (Å²) in [7, 11) is -3.61. The fraction of sp³-hybridized carbons (Fsp3) is 0.381. The van der Waals surface area contributed by atoms with Gasteiger partial charge in [0.2, 0.25) is 17.6 Å². The summed E-state index contributed by atoms with van der Waals surface area (Å²) in [6.45, 7) is 2.92. The maximum atomic E-state index is 13.0. The third-order valence-electron chi connectivity index (χ3n) is 5.34. The fourth-order valence-electron chi connectivity index (χ4n) is 3.59. The van der Waals surface area contributed by atoms with Crippen LogP contribution in [0.2, 0.25) is 0 Å². The molecule has 4 rings (SSSR count). The van der Waals surface area contributed by atoms with E-state index < -0.39 is 10.0 Å². The molecule has 31 heavy (non-hydrogen) atoms. The first kappa shape index (κ1) is 21.7. The molecule has 1 aliphatic rings. The maximum absolute atomic E-state index is 13.0. The Morgan fingerprint density at radius 2 is 2.00 bits per heavy atom. The van der Waals surface area contributed by atoms with Crippen molar-refractivity contribution in [3.05, 3.63) is 53.2 Å². The number of carbonyl (C=O) groups excluding carboxylic acids is 1. The zero-order valence-electron chi connectivity index (χ0n) is 17.2. The lowest BCUT2D eigenvalue weighted by molar-refractivity contribution is -0.126. The van der Waals surface area contributed by atoms with Crippen LogP contribution in [0.1, 0.15) is 24.3 Å². The molecule has 1 aromatic carbocycles. The van der Waals surface area contributed by atoms with Gasteiger partial charge in [0, 0.05) is 43.4 Å². The number of hydrogen-bond donors (Lipinski definition) is 1. The van der Waals surface area contributed by atoms with Crippen LogP contribution in [-0.2, 0) is 21.2 Å². The molecule has 164 valence electrons. The van der Waals surface area contributed by atoms with Gasteiger partial charge in [-0.25, -0.2) is 8.42 Å². The lowest BCUT2D eigenvalue weighted by Gasteiger charge is -2.30. The predicted molar refractivity (Wildman–Crippen MR) is 117 cm³/mol. The Morgan fingerprint density at radius 3 is 2.68 bits per heavy atom. The van der Waals surface area contributed by atoms with Crippen molar-refractivity contribution in [2.45, 2.75) is 30.4 Å². The quantitative estimate of drug-likeness (QED) is 0.581. The molecule has 0 unspecified atom stereocenters. The number of carbonyl (C=O) groups is 1. The molecule has 0 aliphatic carbocycles. The van der Waals surface area contributed by atoms with E-state index in [4.69, 9.17) is 4.52 Å². The summed E-state index contributed by atoms with van der Waals surface area (Å²) in [4.78, 5) is 16.6. The third-order valence-corrected chi connectivity index (χ3v) is 8.65. The van der Waals surface area contributed by atoms with Crippen molar-refractivity contribution in [3.63, 3.8) is 0 Å². The van der Waals surface area contributed by atoms with Crippen molar-refractivity contribution in [2.75, 3.05) is 19.6 Å². The van der Waals surface area contributed by atoms with E-state index >= 15 is 0 Å². The second kappa shape index (κ2) is 9.29. The van der Waals surface area contributed by atoms with Crippen molar-refractivity contribution in [3.8, 4) is 11.4 Å². The first-order valence-corrected chi connectivity index (χ1v) is 12.5. The van der Waals surface area contributed by atoms with Crippen LogP contribution in [0.4, 0.5) is 0 Å². The van der Waals surface area contributed by atoms with E-state index in [2.05, 4.69) is 15.5 Å². The lowest BCUT2D eigenvalue weighted by atomic mass is 9.97. The molecule has 0 radical (unpaired) electrons. The van der Waals surface area contributed by atoms with Gasteiger partial charge in [-0.2, -0.15) is 9.29 Å². The molecule has 0 bridgehead atoms. The Hall–Kier alpha value is -2.56. The van der Waals surface area contributed by atoms with Crippen LogP contribution >= 0.6 is 11.3 Å². The van der Waals surface area contributed by atoms with Gasteiger partial charge >= 0.3 is 0 Å². The number of nitrogens with zero attached hydrogens (tertiary/aromatic N) is 3. The molecule has 1 saturated heterocycles. The number of rotatable bonds is 7. The zero-order chi connectivity index (χ0) is 21.8. The summed E-state index contributed by atoms with van der Waals surface area (Å²) in [5.41, 5.74) is 1.79. The zero-order valence-corrected chi connectivity index (χ0v) is 18.8. The molecule has 2 aromatic heterocycles. The number of piperidine rings is 1. The number of nitrogens with one attached hydrogen (secondary N) is 1. The Balaban J connectivity index is 1.30. The number of benzene rings is 1. The second-order valence-corrected chi connectivity index (χ2v) is 10.6. The SMILES string of the molecule is Cc1nc(-c2csc(S(=O)(=O)N3CCC(C(=O)NCCc4ccccc4)CC3)c2)no1. The molecular formula is C21H24N4O4S2. The van der Waals surface area contributed by atoms with Crippen molar-refractivity contribution in [1.82, 2.24) is 19.8 Å². The van der Waals surface area contributed by atoms with E-state index in [1.54, 1.807) is 18.4 Å². The predicted octanol–water partition coefficient (Wildman–Crippen LogP) is 2.87. The van der Waals surface area contributed by atoms with Gasteiger partial charge in [-0.15, -0.1) is 11.3 Å². The van der Waals surface area contributed by atoms with Gasteiger partial charge in [0.15, 0.2) is 0 Å². The number of sulfonamides is 1. The van der Waals surface area contributed by atoms with E-state index in [0.29, 0.717) is 49.8 Å². The van der Waals surface area contributed by atoms with E-state index in [1.807, 2.05) is 30.3 Å². The van der Waals surface area contributed by atoms with Gasteiger partial charge in [-0.05, 0) is 30.9 Å². The number of amides is 1. The summed E-state index contributed by atoms with van der Waals surface area (Å²) in [5.74, 6) is 0.637. The molecule has 10 heteroatoms. The fourth-order valence-corrected chi connectivity index (χ4v) is 6.37. The average Bonchev–Trinajstić information content (AvgIpc) is 3.44. The molecule has 0 spiro atoms. The first-order chi connectivity index (χ1) is 14.9. The van der Waals surface area contributed by atoms with Crippen molar-refractivity contribution >= 4 is 27.3 Å². The highest BCUT2D eigenvalue weighted by Crippen LogP contribution is 2.31. The van der Waals surface area contributed by atoms with Gasteiger partial charge in [0.05, 0.1) is 0 Å². The Bertz CT molecular complexity index is 1130. The van der Waals surface area contributed by atoms with E-state index in [1.165, 1.54) is 9.87 Å². The van der Waals surface area contributed by atoms with Gasteiger partial charge < -0.3 is 9.84 Å². The molecule has 1 amide bonds. The highest BCUT2D eigenvalue weighted by atomic mass is 32.2. The molecule has 0 atom stereocenters. The summed E-state index contributed by atoms with van der Waals surface area (Å²) in [6, 6.07) is 11.6. The van der Waals surface area contributed by atoms with Gasteiger partial charge in [-0.3, -0.25) is 4.79 Å². The van der Waals surface area contributed by atoms with Gasteiger partial charge in [-0.1, -0.05) is 35.5 Å². The molecule has 1 aliphatic heterocycles. The lowest BCUT2D eigenvalue weighted by Crippen LogP contribution is -2.43. The molecule has 3 aromatic rings. The van der Waals surface area contributed by atoms with Crippen LogP contribution in [0.25, 0.3) is 11.4 Å². The minimum atomic E-state index is -3.61. The average molecular weight is 461 g/mol. The maximum Gasteiger partial charge on any atom is 0.252 e. The molecule has 1 N–H and O–H groups in total. The number of hydrogen-bond acceptors (Lipinski definition) is 7. The summed E-state index contributed by atoms with van der Waals surface area (Å²) in [5, 5.41) is 8.53. The summed E-state index contributed by atoms with van der Waals surface area (Å²) >= 11 is 1.14. The largest absolute Gasteiger partial charge is 0.356 e. The van der Waals surface area contributed by atoms with Crippen LogP contribution < -0.4 is 5.32 Å². The van der Waals surface area contributed by atoms with E-state index in [0.717, 1.165) is 17.8 Å². The molecular weight excluding hydrogens is 436 g/mol. The topological polar surface area (TPSA) is 105 Å². The van der Waals surface area contributed by atoms with Crippen LogP contribution in [0.3, 0.4) is 0 Å². The third kappa shape index (κ3) is 5.03. The first-order valence-electron chi connectivity index (χ1n) is 10.1. The van der Waals surface area contributed by atoms with Gasteiger partial charge in [0.25, 0.3) is 10.0 Å². The smallest absolute Gasteiger partial charge is 0.252 e. The Labute approximate surface area is 185 Å². The molecule has 3 heterocycles. The molecule has 0 saturated carbocycles. The minimum Gasteiger partial charge on any atom is -0.356 e. The number of aryl methyl sites for hydroxylation is 1. The minimum absolute atomic E-state index is 0.00105. The van der Waals surface area contributed by atoms with Crippen LogP contribution in [0.15, 0.2) is 50.5 Å². The van der Waals surface area contributed by atoms with Crippen molar-refractivity contribution in [2.24, 2.45) is 5.92 Å². The monoisotopic (exact) mass is 460 g/mol. The van der Waals surface area contributed by atoms with Crippen LogP contribution in [0.5, 0.6) is 0 Å². The Morgan fingerprint density at radius 1 is 1.26 bits per heavy atom. The van der Waals surface area contributed by atoms with Crippen LogP contribution in [-0.4, -0.2) is 48.4 Å². The highest BCUT2D eigenvalue weighted by Gasteiger charge is 2.33. The molecule has 1 fully saturated rings. The summed E-state index contributed by atoms with van der Waals surface area (Å²) < 4.78 is 32.7. The normalized spacial score (nSPS) is 15.8. The number of thiophene rings is 1. The van der Waals surface area contributed by atoms with E-state index in [-0.39, 0.29) is 16.0 Å². The molecule has 8 nitrogen and oxygen atoms in total.